The molecule has 1 aliphatic rings. The molecule has 0 aliphatic carbocycles. The second-order valence-corrected chi connectivity index (χ2v) is 7.82. The van der Waals surface area contributed by atoms with Crippen LogP contribution in [-0.4, -0.2) is 43.0 Å². The molecule has 0 aromatic heterocycles. The summed E-state index contributed by atoms with van der Waals surface area (Å²) in [6.07, 6.45) is 12.9. The van der Waals surface area contributed by atoms with Crippen molar-refractivity contribution in [3.05, 3.63) is 0 Å². The zero-order valence-electron chi connectivity index (χ0n) is 14.8. The van der Waals surface area contributed by atoms with E-state index in [2.05, 4.69) is 18.7 Å². The van der Waals surface area contributed by atoms with Crippen LogP contribution in [0.4, 0.5) is 13.2 Å². The normalized spacial score (nSPS) is 17.4. The molecule has 0 radical (unpaired) electrons. The van der Waals surface area contributed by atoms with Crippen LogP contribution in [0.3, 0.4) is 0 Å². The molecule has 0 spiro atoms. The summed E-state index contributed by atoms with van der Waals surface area (Å²) in [7, 11) is -5.84. The van der Waals surface area contributed by atoms with Crippen molar-refractivity contribution in [2.24, 2.45) is 5.92 Å². The van der Waals surface area contributed by atoms with E-state index >= 15 is 0 Å². The van der Waals surface area contributed by atoms with Crippen molar-refractivity contribution < 1.29 is 26.1 Å². The summed E-state index contributed by atoms with van der Waals surface area (Å²) < 4.78 is 57.5. The Labute approximate surface area is 144 Å². The van der Waals surface area contributed by atoms with Crippen molar-refractivity contribution in [2.45, 2.75) is 77.1 Å². The van der Waals surface area contributed by atoms with E-state index in [-0.39, 0.29) is 0 Å². The molecule has 1 saturated heterocycles. The second-order valence-electron chi connectivity index (χ2n) is 6.41. The van der Waals surface area contributed by atoms with Crippen molar-refractivity contribution in [2.75, 3.05) is 19.6 Å². The van der Waals surface area contributed by atoms with Gasteiger partial charge in [0, 0.05) is 0 Å². The standard InChI is InChI=1S/C15H31N.CHF3O3S/c1-3-5-6-7-8-12-16-13-10-15(9-4-2)11-14-16;2-1(3,4)8(5,6)7/h15H,3-14H2,1-2H3;(H,5,6,7). The fraction of sp³-hybridized carbons (Fsp3) is 1.00. The van der Waals surface area contributed by atoms with Crippen molar-refractivity contribution in [3.8, 4) is 0 Å². The van der Waals surface area contributed by atoms with Gasteiger partial charge < -0.3 is 4.90 Å². The first-order valence-electron chi connectivity index (χ1n) is 8.87. The fourth-order valence-electron chi connectivity index (χ4n) is 2.85. The number of alkyl halides is 3. The van der Waals surface area contributed by atoms with Crippen LogP contribution in [-0.2, 0) is 10.1 Å². The summed E-state index contributed by atoms with van der Waals surface area (Å²) in [5, 5.41) is 0. The van der Waals surface area contributed by atoms with Gasteiger partial charge in [0.05, 0.1) is 0 Å². The van der Waals surface area contributed by atoms with E-state index in [0.717, 1.165) is 5.92 Å². The molecule has 24 heavy (non-hydrogen) atoms. The zero-order valence-corrected chi connectivity index (χ0v) is 15.6. The van der Waals surface area contributed by atoms with Gasteiger partial charge in [0.1, 0.15) is 0 Å². The third-order valence-electron chi connectivity index (χ3n) is 4.27. The number of unbranched alkanes of at least 4 members (excludes halogenated alkanes) is 4. The van der Waals surface area contributed by atoms with Crippen LogP contribution in [0.15, 0.2) is 0 Å². The molecule has 1 N–H and O–H groups in total. The Morgan fingerprint density at radius 1 is 1.00 bits per heavy atom. The van der Waals surface area contributed by atoms with Crippen LogP contribution in [0, 0.1) is 5.92 Å². The average Bonchev–Trinajstić information content (AvgIpc) is 2.48. The van der Waals surface area contributed by atoms with Gasteiger partial charge in [-0.2, -0.15) is 21.6 Å². The van der Waals surface area contributed by atoms with E-state index in [1.54, 1.807) is 0 Å². The van der Waals surface area contributed by atoms with Gasteiger partial charge in [0.15, 0.2) is 0 Å². The monoisotopic (exact) mass is 375 g/mol. The minimum atomic E-state index is -5.84. The van der Waals surface area contributed by atoms with Crippen molar-refractivity contribution in [1.82, 2.24) is 4.90 Å². The van der Waals surface area contributed by atoms with Gasteiger partial charge in [-0.3, -0.25) is 4.55 Å². The van der Waals surface area contributed by atoms with E-state index < -0.39 is 15.6 Å². The number of halogens is 3. The van der Waals surface area contributed by atoms with Crippen LogP contribution in [0.2, 0.25) is 0 Å². The van der Waals surface area contributed by atoms with Crippen molar-refractivity contribution in [3.63, 3.8) is 0 Å². The second kappa shape index (κ2) is 12.1. The summed E-state index contributed by atoms with van der Waals surface area (Å²) in [6.45, 7) is 8.72. The van der Waals surface area contributed by atoms with Crippen LogP contribution >= 0.6 is 0 Å². The maximum atomic E-state index is 10.7. The molecule has 0 unspecified atom stereocenters. The van der Waals surface area contributed by atoms with E-state index in [0.29, 0.717) is 0 Å². The molecule has 0 saturated carbocycles. The van der Waals surface area contributed by atoms with Gasteiger partial charge in [0.2, 0.25) is 0 Å². The lowest BCUT2D eigenvalue weighted by Gasteiger charge is -2.31. The van der Waals surface area contributed by atoms with E-state index in [1.807, 2.05) is 0 Å². The smallest absolute Gasteiger partial charge is 0.303 e. The summed E-state index contributed by atoms with van der Waals surface area (Å²) in [4.78, 5) is 2.69. The van der Waals surface area contributed by atoms with Gasteiger partial charge in [-0.05, 0) is 44.8 Å². The first kappa shape index (κ1) is 23.7. The molecular weight excluding hydrogens is 343 g/mol. The van der Waals surface area contributed by atoms with Crippen LogP contribution in [0.5, 0.6) is 0 Å². The van der Waals surface area contributed by atoms with Gasteiger partial charge in [-0.25, -0.2) is 0 Å². The topological polar surface area (TPSA) is 57.6 Å². The van der Waals surface area contributed by atoms with Gasteiger partial charge in [0.25, 0.3) is 0 Å². The van der Waals surface area contributed by atoms with Gasteiger partial charge in [-0.15, -0.1) is 0 Å². The fourth-order valence-corrected chi connectivity index (χ4v) is 2.85. The van der Waals surface area contributed by atoms with Crippen molar-refractivity contribution in [1.29, 1.82) is 0 Å². The Kier molecular flexibility index (Phi) is 11.9. The molecule has 1 heterocycles. The maximum absolute atomic E-state index is 10.7. The Balaban J connectivity index is 0.000000561. The minimum absolute atomic E-state index is 1.04. The third kappa shape index (κ3) is 11.3. The summed E-state index contributed by atoms with van der Waals surface area (Å²) in [5.74, 6) is 1.04. The highest BCUT2D eigenvalue weighted by atomic mass is 32.2. The van der Waals surface area contributed by atoms with Crippen LogP contribution in [0.1, 0.15) is 71.6 Å². The molecule has 8 heteroatoms. The molecule has 0 atom stereocenters. The highest BCUT2D eigenvalue weighted by Crippen LogP contribution is 2.22. The molecule has 0 amide bonds. The zero-order chi connectivity index (χ0) is 18.6. The molecule has 146 valence electrons. The molecule has 4 nitrogen and oxygen atoms in total. The number of piperidine rings is 1. The highest BCUT2D eigenvalue weighted by Gasteiger charge is 2.44. The SMILES string of the molecule is CCCCCCCN1CCC(CCC)CC1.O=S(=O)(O)C(F)(F)F. The summed E-state index contributed by atoms with van der Waals surface area (Å²) in [5.41, 5.74) is -5.53. The third-order valence-corrected chi connectivity index (χ3v) is 4.86. The Morgan fingerprint density at radius 2 is 1.50 bits per heavy atom. The number of hydrogen-bond donors (Lipinski definition) is 1. The Hall–Kier alpha value is -0.340. The largest absolute Gasteiger partial charge is 0.522 e. The summed E-state index contributed by atoms with van der Waals surface area (Å²) in [6, 6.07) is 0. The quantitative estimate of drug-likeness (QED) is 0.374. The number of rotatable bonds is 8. The molecule has 1 fully saturated rings. The molecular formula is C16H32F3NO3S. The van der Waals surface area contributed by atoms with Crippen LogP contribution in [0.25, 0.3) is 0 Å². The number of nitrogens with zero attached hydrogens (tertiary/aromatic N) is 1. The first-order chi connectivity index (χ1) is 11.1. The summed E-state index contributed by atoms with van der Waals surface area (Å²) >= 11 is 0. The van der Waals surface area contributed by atoms with Gasteiger partial charge >= 0.3 is 15.6 Å². The predicted octanol–water partition coefficient (Wildman–Crippen LogP) is 4.86. The maximum Gasteiger partial charge on any atom is 0.522 e. The van der Waals surface area contributed by atoms with E-state index in [9.17, 15) is 13.2 Å². The van der Waals surface area contributed by atoms with Crippen LogP contribution < -0.4 is 0 Å². The molecule has 1 rings (SSSR count). The predicted molar refractivity (Wildman–Crippen MR) is 90.4 cm³/mol. The van der Waals surface area contributed by atoms with Crippen molar-refractivity contribution >= 4 is 10.1 Å². The average molecular weight is 375 g/mol. The van der Waals surface area contributed by atoms with E-state index in [1.165, 1.54) is 77.4 Å². The molecule has 0 aromatic rings. The Morgan fingerprint density at radius 3 is 1.92 bits per heavy atom. The van der Waals surface area contributed by atoms with Gasteiger partial charge in [-0.1, -0.05) is 52.4 Å². The first-order valence-corrected chi connectivity index (χ1v) is 10.3. The lowest BCUT2D eigenvalue weighted by atomic mass is 9.92. The minimum Gasteiger partial charge on any atom is -0.303 e. The number of likely N-dealkylation sites (tertiary alicyclic amines) is 1. The number of hydrogen-bond acceptors (Lipinski definition) is 3. The van der Waals surface area contributed by atoms with E-state index in [4.69, 9.17) is 13.0 Å². The lowest BCUT2D eigenvalue weighted by Crippen LogP contribution is -2.34. The molecule has 0 bridgehead atoms. The highest BCUT2D eigenvalue weighted by molar-refractivity contribution is 7.86. The Bertz CT molecular complexity index is 405. The molecule has 1 aliphatic heterocycles. The lowest BCUT2D eigenvalue weighted by molar-refractivity contribution is -0.0510. The molecule has 0 aromatic carbocycles.